The molecule has 0 saturated carbocycles. The van der Waals surface area contributed by atoms with Gasteiger partial charge in [-0.25, -0.2) is 0 Å². The van der Waals surface area contributed by atoms with E-state index in [0.29, 0.717) is 11.3 Å². The minimum absolute atomic E-state index is 0.369. The summed E-state index contributed by atoms with van der Waals surface area (Å²) in [6.07, 6.45) is -0.680. The van der Waals surface area contributed by atoms with Gasteiger partial charge in [0.05, 0.1) is 10.3 Å². The minimum atomic E-state index is -0.680. The Morgan fingerprint density at radius 3 is 2.41 bits per heavy atom. The summed E-state index contributed by atoms with van der Waals surface area (Å²) in [7, 11) is 0. The molecule has 0 fully saturated rings. The first-order chi connectivity index (χ1) is 8.19. The van der Waals surface area contributed by atoms with E-state index in [9.17, 15) is 4.79 Å². The smallest absolute Gasteiger partial charge is 0.308 e. The summed E-state index contributed by atoms with van der Waals surface area (Å²) in [5.41, 5.74) is 0.581. The first-order valence-electron chi connectivity index (χ1n) is 4.60. The highest BCUT2D eigenvalue weighted by atomic mass is 32.1. The summed E-state index contributed by atoms with van der Waals surface area (Å²) in [5, 5.41) is 4.44. The van der Waals surface area contributed by atoms with Crippen molar-refractivity contribution in [3.8, 4) is 5.75 Å². The van der Waals surface area contributed by atoms with Crippen molar-refractivity contribution in [2.75, 3.05) is 0 Å². The number of rotatable bonds is 4. The van der Waals surface area contributed by atoms with E-state index in [-0.39, 0.29) is 0 Å². The van der Waals surface area contributed by atoms with Gasteiger partial charge < -0.3 is 4.74 Å². The van der Waals surface area contributed by atoms with Crippen LogP contribution in [0.1, 0.15) is 18.7 Å². The van der Waals surface area contributed by atoms with Crippen molar-refractivity contribution in [1.29, 1.82) is 0 Å². The number of carbonyl (C=O) groups excluding carboxylic acids is 1. The molecule has 0 aromatic heterocycles. The molecule has 1 rings (SSSR count). The zero-order valence-electron chi connectivity index (χ0n) is 8.91. The van der Waals surface area contributed by atoms with Crippen LogP contribution in [0.5, 0.6) is 5.75 Å². The molecule has 0 unspecified atom stereocenters. The number of ether oxygens (including phenoxy) is 1. The van der Waals surface area contributed by atoms with Gasteiger partial charge in [-0.3, -0.25) is 4.79 Å². The number of esters is 1. The number of carbonyl (C=O) groups is 1. The average molecular weight is 264 g/mol. The Morgan fingerprint density at radius 1 is 1.29 bits per heavy atom. The quantitative estimate of drug-likeness (QED) is 0.363. The Labute approximate surface area is 109 Å². The van der Waals surface area contributed by atoms with E-state index in [4.69, 9.17) is 4.74 Å². The maximum absolute atomic E-state index is 10.9. The van der Waals surface area contributed by atoms with Crippen molar-refractivity contribution < 1.29 is 9.53 Å². The van der Waals surface area contributed by atoms with Crippen LogP contribution in [0.25, 0.3) is 0 Å². The van der Waals surface area contributed by atoms with Gasteiger partial charge in [0.1, 0.15) is 5.75 Å². The lowest BCUT2D eigenvalue weighted by Gasteiger charge is -2.10. The van der Waals surface area contributed by atoms with Crippen LogP contribution in [0.4, 0.5) is 0 Å². The van der Waals surface area contributed by atoms with Crippen LogP contribution in [-0.4, -0.2) is 16.3 Å². The molecule has 0 saturated heterocycles. The SMILES string of the molecule is CC(=O)Oc1ccccc1C(N=C=S)N=C=S. The third-order valence-corrected chi connectivity index (χ3v) is 2.01. The first kappa shape index (κ1) is 13.4. The summed E-state index contributed by atoms with van der Waals surface area (Å²) < 4.78 is 5.04. The summed E-state index contributed by atoms with van der Waals surface area (Å²) in [6, 6.07) is 6.87. The largest absolute Gasteiger partial charge is 0.426 e. The number of isothiocyanates is 2. The summed E-state index contributed by atoms with van der Waals surface area (Å²) >= 11 is 9.05. The van der Waals surface area contributed by atoms with Gasteiger partial charge in [0, 0.05) is 12.5 Å². The van der Waals surface area contributed by atoms with E-state index < -0.39 is 12.1 Å². The van der Waals surface area contributed by atoms with Crippen LogP contribution in [0.3, 0.4) is 0 Å². The van der Waals surface area contributed by atoms with Gasteiger partial charge in [-0.05, 0) is 30.5 Å². The maximum Gasteiger partial charge on any atom is 0.308 e. The second-order valence-electron chi connectivity index (χ2n) is 2.95. The normalized spacial score (nSPS) is 10.6. The standard InChI is InChI=1S/C11H8N2O2S2/c1-8(14)15-10-5-3-2-4-9(10)11(12-6-16)13-7-17/h2-5,11H,1H3. The van der Waals surface area contributed by atoms with Gasteiger partial charge in [0.2, 0.25) is 0 Å². The molecule has 6 heteroatoms. The molecule has 1 aromatic rings. The number of benzene rings is 1. The van der Waals surface area contributed by atoms with E-state index >= 15 is 0 Å². The number of hydrogen-bond acceptors (Lipinski definition) is 6. The fourth-order valence-corrected chi connectivity index (χ4v) is 1.41. The predicted octanol–water partition coefficient (Wildman–Crippen LogP) is 2.82. The lowest BCUT2D eigenvalue weighted by molar-refractivity contribution is -0.131. The van der Waals surface area contributed by atoms with Gasteiger partial charge in [0.25, 0.3) is 0 Å². The average Bonchev–Trinajstić information content (AvgIpc) is 2.29. The molecule has 0 aliphatic rings. The second-order valence-corrected chi connectivity index (χ2v) is 3.31. The molecule has 17 heavy (non-hydrogen) atoms. The number of hydrogen-bond donors (Lipinski definition) is 0. The Bertz CT molecular complexity index is 500. The Kier molecular flexibility index (Phi) is 5.33. The lowest BCUT2D eigenvalue weighted by Crippen LogP contribution is -2.05. The predicted molar refractivity (Wildman–Crippen MR) is 70.5 cm³/mol. The van der Waals surface area contributed by atoms with Gasteiger partial charge in [-0.1, -0.05) is 18.2 Å². The van der Waals surface area contributed by atoms with Crippen molar-refractivity contribution in [2.24, 2.45) is 9.98 Å². The Hall–Kier alpha value is -1.71. The third-order valence-electron chi connectivity index (χ3n) is 1.80. The van der Waals surface area contributed by atoms with Crippen LogP contribution >= 0.6 is 24.4 Å². The highest BCUT2D eigenvalue weighted by molar-refractivity contribution is 7.78. The maximum atomic E-state index is 10.9. The number of nitrogens with zero attached hydrogens (tertiary/aromatic N) is 2. The van der Waals surface area contributed by atoms with Crippen LogP contribution in [0.2, 0.25) is 0 Å². The summed E-state index contributed by atoms with van der Waals surface area (Å²) in [5.74, 6) is -0.0538. The summed E-state index contributed by atoms with van der Waals surface area (Å²) in [6.45, 7) is 1.32. The highest BCUT2D eigenvalue weighted by Gasteiger charge is 2.14. The zero-order valence-corrected chi connectivity index (χ0v) is 10.5. The fraction of sp³-hybridized carbons (Fsp3) is 0.182. The van der Waals surface area contributed by atoms with Gasteiger partial charge in [-0.2, -0.15) is 9.98 Å². The molecular formula is C11H8N2O2S2. The van der Waals surface area contributed by atoms with E-state index in [1.54, 1.807) is 24.3 Å². The molecule has 0 N–H and O–H groups in total. The van der Waals surface area contributed by atoms with Crippen molar-refractivity contribution >= 4 is 40.7 Å². The molecule has 0 atom stereocenters. The van der Waals surface area contributed by atoms with E-state index in [1.165, 1.54) is 6.92 Å². The van der Waals surface area contributed by atoms with E-state index in [0.717, 1.165) is 0 Å². The lowest BCUT2D eigenvalue weighted by atomic mass is 10.1. The number of para-hydroxylation sites is 1. The van der Waals surface area contributed by atoms with Crippen LogP contribution < -0.4 is 4.74 Å². The number of thiocarbonyl (C=S) groups is 2. The van der Waals surface area contributed by atoms with Crippen molar-refractivity contribution in [2.45, 2.75) is 13.1 Å². The molecule has 0 heterocycles. The first-order valence-corrected chi connectivity index (χ1v) is 5.42. The van der Waals surface area contributed by atoms with Gasteiger partial charge >= 0.3 is 5.97 Å². The second kappa shape index (κ2) is 6.78. The number of aliphatic imine (C=N–C) groups is 2. The van der Waals surface area contributed by atoms with E-state index in [2.05, 4.69) is 44.7 Å². The van der Waals surface area contributed by atoms with Crippen molar-refractivity contribution in [3.05, 3.63) is 29.8 Å². The van der Waals surface area contributed by atoms with Crippen molar-refractivity contribution in [1.82, 2.24) is 0 Å². The molecule has 0 aliphatic carbocycles. The third kappa shape index (κ3) is 3.98. The fourth-order valence-electron chi connectivity index (χ4n) is 1.21. The molecule has 0 spiro atoms. The molecule has 0 amide bonds. The minimum Gasteiger partial charge on any atom is -0.426 e. The van der Waals surface area contributed by atoms with Crippen molar-refractivity contribution in [3.63, 3.8) is 0 Å². The van der Waals surface area contributed by atoms with Crippen LogP contribution in [0.15, 0.2) is 34.3 Å². The van der Waals surface area contributed by atoms with E-state index in [1.807, 2.05) is 0 Å². The Morgan fingerprint density at radius 2 is 1.88 bits per heavy atom. The molecule has 0 aliphatic heterocycles. The highest BCUT2D eigenvalue weighted by Crippen LogP contribution is 2.28. The zero-order chi connectivity index (χ0) is 12.7. The Balaban J connectivity index is 3.21. The molecule has 0 bridgehead atoms. The molecule has 1 aromatic carbocycles. The molecule has 0 radical (unpaired) electrons. The monoisotopic (exact) mass is 264 g/mol. The molecule has 86 valence electrons. The topological polar surface area (TPSA) is 51.0 Å². The van der Waals surface area contributed by atoms with Crippen LogP contribution in [-0.2, 0) is 4.79 Å². The molecule has 4 nitrogen and oxygen atoms in total. The summed E-state index contributed by atoms with van der Waals surface area (Å²) in [4.78, 5) is 18.6. The van der Waals surface area contributed by atoms with Gasteiger partial charge in [0.15, 0.2) is 6.17 Å². The van der Waals surface area contributed by atoms with Crippen LogP contribution in [0, 0.1) is 0 Å². The van der Waals surface area contributed by atoms with Gasteiger partial charge in [-0.15, -0.1) is 0 Å². The molecular weight excluding hydrogens is 256 g/mol.